The molecule has 4 unspecified atom stereocenters. The van der Waals surface area contributed by atoms with Gasteiger partial charge in [-0.15, -0.1) is 0 Å². The highest BCUT2D eigenvalue weighted by Gasteiger charge is 2.46. The molecule has 2 aliphatic rings. The highest BCUT2D eigenvalue weighted by molar-refractivity contribution is 4.99. The molecule has 94 valence electrons. The summed E-state index contributed by atoms with van der Waals surface area (Å²) in [6, 6.07) is 0.500. The van der Waals surface area contributed by atoms with Crippen LogP contribution in [-0.4, -0.2) is 24.3 Å². The summed E-state index contributed by atoms with van der Waals surface area (Å²) in [5, 5.41) is 3.65. The van der Waals surface area contributed by atoms with Crippen molar-refractivity contribution in [3.63, 3.8) is 0 Å². The van der Waals surface area contributed by atoms with Crippen LogP contribution in [0.2, 0.25) is 0 Å². The molecule has 1 N–H and O–H groups in total. The summed E-state index contributed by atoms with van der Waals surface area (Å²) in [5.41, 5.74) is 0.137. The molecule has 2 nitrogen and oxygen atoms in total. The van der Waals surface area contributed by atoms with E-state index in [9.17, 15) is 0 Å². The van der Waals surface area contributed by atoms with E-state index in [1.807, 2.05) is 0 Å². The highest BCUT2D eigenvalue weighted by Crippen LogP contribution is 2.43. The Bertz CT molecular complexity index is 241. The van der Waals surface area contributed by atoms with Crippen LogP contribution in [0.15, 0.2) is 0 Å². The van der Waals surface area contributed by atoms with Crippen molar-refractivity contribution in [3.8, 4) is 0 Å². The van der Waals surface area contributed by atoms with Gasteiger partial charge in [0.05, 0.1) is 11.7 Å². The molecule has 2 heteroatoms. The number of hydrogen-bond acceptors (Lipinski definition) is 2. The zero-order chi connectivity index (χ0) is 11.8. The van der Waals surface area contributed by atoms with Crippen molar-refractivity contribution in [1.29, 1.82) is 0 Å². The van der Waals surface area contributed by atoms with Gasteiger partial charge in [0.15, 0.2) is 0 Å². The Morgan fingerprint density at radius 2 is 2.00 bits per heavy atom. The van der Waals surface area contributed by atoms with Crippen LogP contribution in [0.3, 0.4) is 0 Å². The molecule has 4 atom stereocenters. The number of ether oxygens (including phenoxy) is 1. The smallest absolute Gasteiger partial charge is 0.0841 e. The summed E-state index contributed by atoms with van der Waals surface area (Å²) >= 11 is 0. The first kappa shape index (κ1) is 12.4. The minimum Gasteiger partial charge on any atom is -0.369 e. The summed E-state index contributed by atoms with van der Waals surface area (Å²) in [6.45, 7) is 10.2. The largest absolute Gasteiger partial charge is 0.369 e. The summed E-state index contributed by atoms with van der Waals surface area (Å²) in [4.78, 5) is 0. The van der Waals surface area contributed by atoms with Crippen molar-refractivity contribution in [1.82, 2.24) is 5.32 Å². The van der Waals surface area contributed by atoms with E-state index >= 15 is 0 Å². The minimum atomic E-state index is 0.137. The average Bonchev–Trinajstić information content (AvgIpc) is 2.24. The monoisotopic (exact) mass is 225 g/mol. The predicted octanol–water partition coefficient (Wildman–Crippen LogP) is 2.97. The third-order valence-electron chi connectivity index (χ3n) is 4.69. The second kappa shape index (κ2) is 4.66. The molecule has 2 fully saturated rings. The van der Waals surface area contributed by atoms with Crippen molar-refractivity contribution in [3.05, 3.63) is 0 Å². The van der Waals surface area contributed by atoms with Gasteiger partial charge >= 0.3 is 0 Å². The Morgan fingerprint density at radius 1 is 1.25 bits per heavy atom. The molecule has 0 aromatic carbocycles. The molecular formula is C14H27NO. The van der Waals surface area contributed by atoms with Gasteiger partial charge in [-0.25, -0.2) is 0 Å². The molecule has 2 rings (SSSR count). The highest BCUT2D eigenvalue weighted by atomic mass is 16.5. The van der Waals surface area contributed by atoms with Crippen molar-refractivity contribution in [2.24, 2.45) is 11.8 Å². The molecule has 0 bridgehead atoms. The van der Waals surface area contributed by atoms with Crippen molar-refractivity contribution in [2.75, 3.05) is 6.54 Å². The Labute approximate surface area is 100 Å². The van der Waals surface area contributed by atoms with Crippen LogP contribution in [0.5, 0.6) is 0 Å². The second-order valence-corrected chi connectivity index (χ2v) is 6.15. The molecule has 1 saturated carbocycles. The number of nitrogens with one attached hydrogen (secondary N) is 1. The summed E-state index contributed by atoms with van der Waals surface area (Å²) in [7, 11) is 0. The van der Waals surface area contributed by atoms with Gasteiger partial charge in [0.1, 0.15) is 0 Å². The average molecular weight is 225 g/mol. The van der Waals surface area contributed by atoms with E-state index in [1.54, 1.807) is 0 Å². The van der Waals surface area contributed by atoms with E-state index in [0.717, 1.165) is 18.4 Å². The molecule has 1 aliphatic carbocycles. The molecule has 0 amide bonds. The molecule has 1 saturated heterocycles. The first-order chi connectivity index (χ1) is 7.55. The predicted molar refractivity (Wildman–Crippen MR) is 67.5 cm³/mol. The van der Waals surface area contributed by atoms with E-state index in [-0.39, 0.29) is 5.60 Å². The lowest BCUT2D eigenvalue weighted by atomic mass is 9.69. The summed E-state index contributed by atoms with van der Waals surface area (Å²) < 4.78 is 6.44. The van der Waals surface area contributed by atoms with Gasteiger partial charge in [0.2, 0.25) is 0 Å². The number of rotatable bonds is 1. The second-order valence-electron chi connectivity index (χ2n) is 6.15. The van der Waals surface area contributed by atoms with Crippen molar-refractivity contribution < 1.29 is 4.74 Å². The third-order valence-corrected chi connectivity index (χ3v) is 4.69. The Balaban J connectivity index is 2.14. The van der Waals surface area contributed by atoms with Crippen LogP contribution in [0.1, 0.15) is 53.4 Å². The molecule has 16 heavy (non-hydrogen) atoms. The first-order valence-corrected chi connectivity index (χ1v) is 6.96. The maximum absolute atomic E-state index is 6.44. The third kappa shape index (κ3) is 2.14. The maximum Gasteiger partial charge on any atom is 0.0841 e. The van der Waals surface area contributed by atoms with E-state index in [1.165, 1.54) is 25.7 Å². The van der Waals surface area contributed by atoms with Crippen LogP contribution in [-0.2, 0) is 4.74 Å². The fraction of sp³-hybridized carbons (Fsp3) is 1.00. The molecule has 1 spiro atoms. The van der Waals surface area contributed by atoms with Gasteiger partial charge in [-0.1, -0.05) is 26.7 Å². The lowest BCUT2D eigenvalue weighted by Gasteiger charge is -2.51. The lowest BCUT2D eigenvalue weighted by Crippen LogP contribution is -2.62. The van der Waals surface area contributed by atoms with Gasteiger partial charge < -0.3 is 10.1 Å². The topological polar surface area (TPSA) is 21.3 Å². The van der Waals surface area contributed by atoms with Crippen molar-refractivity contribution in [2.45, 2.75) is 71.1 Å². The molecule has 0 aromatic heterocycles. The molecular weight excluding hydrogens is 198 g/mol. The summed E-state index contributed by atoms with van der Waals surface area (Å²) in [5.74, 6) is 1.48. The van der Waals surface area contributed by atoms with E-state index < -0.39 is 0 Å². The fourth-order valence-electron chi connectivity index (χ4n) is 3.56. The quantitative estimate of drug-likeness (QED) is 0.741. The van der Waals surface area contributed by atoms with Crippen LogP contribution in [0.25, 0.3) is 0 Å². The zero-order valence-corrected chi connectivity index (χ0v) is 11.3. The Hall–Kier alpha value is -0.0800. The van der Waals surface area contributed by atoms with Crippen LogP contribution < -0.4 is 5.32 Å². The van der Waals surface area contributed by atoms with Crippen molar-refractivity contribution >= 4 is 0 Å². The van der Waals surface area contributed by atoms with Gasteiger partial charge in [-0.05, 0) is 38.5 Å². The SMILES string of the molecule is CC(C)C1CCCCC12CNC(C)C(C)O2. The van der Waals surface area contributed by atoms with Crippen LogP contribution in [0.4, 0.5) is 0 Å². The molecule has 1 heterocycles. The minimum absolute atomic E-state index is 0.137. The van der Waals surface area contributed by atoms with Crippen LogP contribution >= 0.6 is 0 Å². The van der Waals surface area contributed by atoms with E-state index in [4.69, 9.17) is 4.74 Å². The Kier molecular flexibility index (Phi) is 3.60. The number of morpholine rings is 1. The van der Waals surface area contributed by atoms with Gasteiger partial charge in [0, 0.05) is 12.6 Å². The van der Waals surface area contributed by atoms with Gasteiger partial charge in [-0.3, -0.25) is 0 Å². The number of hydrogen-bond donors (Lipinski definition) is 1. The maximum atomic E-state index is 6.44. The molecule has 0 radical (unpaired) electrons. The standard InChI is InChI=1S/C14H27NO/c1-10(2)13-7-5-6-8-14(13)9-15-11(3)12(4)16-14/h10-13,15H,5-9H2,1-4H3. The summed E-state index contributed by atoms with van der Waals surface area (Å²) in [6.07, 6.45) is 5.68. The van der Waals surface area contributed by atoms with Gasteiger partial charge in [0.25, 0.3) is 0 Å². The lowest BCUT2D eigenvalue weighted by molar-refractivity contribution is -0.178. The fourth-order valence-corrected chi connectivity index (χ4v) is 3.56. The molecule has 1 aliphatic heterocycles. The van der Waals surface area contributed by atoms with Crippen LogP contribution in [0, 0.1) is 11.8 Å². The van der Waals surface area contributed by atoms with E-state index in [2.05, 4.69) is 33.0 Å². The Morgan fingerprint density at radius 3 is 2.62 bits per heavy atom. The van der Waals surface area contributed by atoms with Gasteiger partial charge in [-0.2, -0.15) is 0 Å². The molecule has 0 aromatic rings. The first-order valence-electron chi connectivity index (χ1n) is 6.96. The van der Waals surface area contributed by atoms with E-state index in [0.29, 0.717) is 12.1 Å². The normalized spacial score (nSPS) is 45.2. The zero-order valence-electron chi connectivity index (χ0n) is 11.3.